The maximum absolute atomic E-state index is 13.4. The molecule has 0 aromatic heterocycles. The first-order valence-corrected chi connectivity index (χ1v) is 5.20. The van der Waals surface area contributed by atoms with Crippen molar-refractivity contribution in [3.63, 3.8) is 0 Å². The van der Waals surface area contributed by atoms with Crippen LogP contribution in [0.3, 0.4) is 0 Å². The zero-order valence-electron chi connectivity index (χ0n) is 9.67. The van der Waals surface area contributed by atoms with Crippen LogP contribution in [0.1, 0.15) is 25.8 Å². The number of carbonyl (C=O) groups is 1. The van der Waals surface area contributed by atoms with E-state index in [4.69, 9.17) is 0 Å². The molecule has 1 atom stereocenters. The molecule has 0 heterocycles. The third-order valence-electron chi connectivity index (χ3n) is 2.31. The summed E-state index contributed by atoms with van der Waals surface area (Å²) in [4.78, 5) is 11.2. The predicted octanol–water partition coefficient (Wildman–Crippen LogP) is 2.13. The van der Waals surface area contributed by atoms with Crippen LogP contribution in [0.2, 0.25) is 0 Å². The van der Waals surface area contributed by atoms with Gasteiger partial charge in [0.15, 0.2) is 0 Å². The van der Waals surface area contributed by atoms with Crippen molar-refractivity contribution in [3.05, 3.63) is 35.4 Å². The van der Waals surface area contributed by atoms with E-state index < -0.39 is 23.2 Å². The fourth-order valence-electron chi connectivity index (χ4n) is 1.51. The molecule has 0 spiro atoms. The molecule has 1 aromatic carbocycles. The van der Waals surface area contributed by atoms with Gasteiger partial charge in [-0.25, -0.2) is 8.78 Å². The fraction of sp³-hybridized carbons (Fsp3) is 0.417. The number of hydrogen-bond acceptors (Lipinski definition) is 3. The summed E-state index contributed by atoms with van der Waals surface area (Å²) in [5, 5.41) is 9.99. The van der Waals surface area contributed by atoms with Crippen LogP contribution < -0.4 is 0 Å². The van der Waals surface area contributed by atoms with E-state index in [0.29, 0.717) is 6.07 Å². The van der Waals surface area contributed by atoms with Crippen LogP contribution in [-0.2, 0) is 15.1 Å². The van der Waals surface area contributed by atoms with Crippen molar-refractivity contribution < 1.29 is 23.4 Å². The second kappa shape index (κ2) is 5.23. The summed E-state index contributed by atoms with van der Waals surface area (Å²) in [6, 6.07) is 2.80. The average molecular weight is 244 g/mol. The molecule has 0 aliphatic rings. The summed E-state index contributed by atoms with van der Waals surface area (Å²) >= 11 is 0. The maximum atomic E-state index is 13.4. The van der Waals surface area contributed by atoms with Crippen molar-refractivity contribution in [2.24, 2.45) is 0 Å². The highest BCUT2D eigenvalue weighted by molar-refractivity contribution is 5.71. The van der Waals surface area contributed by atoms with Crippen molar-refractivity contribution in [1.29, 1.82) is 0 Å². The van der Waals surface area contributed by atoms with E-state index in [9.17, 15) is 18.7 Å². The molecule has 0 aliphatic heterocycles. The number of benzene rings is 1. The number of halogens is 2. The molecule has 0 saturated carbocycles. The molecule has 1 unspecified atom stereocenters. The van der Waals surface area contributed by atoms with Gasteiger partial charge in [-0.05, 0) is 19.9 Å². The first-order valence-electron chi connectivity index (χ1n) is 5.20. The molecule has 5 heteroatoms. The number of carbonyl (C=O) groups excluding carboxylic acids is 1. The average Bonchev–Trinajstić information content (AvgIpc) is 2.15. The summed E-state index contributed by atoms with van der Waals surface area (Å²) in [5.74, 6) is -2.27. The van der Waals surface area contributed by atoms with Gasteiger partial charge in [0.1, 0.15) is 17.2 Å². The number of ether oxygens (including phenoxy) is 1. The summed E-state index contributed by atoms with van der Waals surface area (Å²) in [6.45, 7) is 3.09. The van der Waals surface area contributed by atoms with E-state index in [2.05, 4.69) is 4.74 Å². The van der Waals surface area contributed by atoms with E-state index in [0.717, 1.165) is 12.1 Å². The number of aliphatic hydroxyl groups is 1. The molecule has 0 aliphatic carbocycles. The van der Waals surface area contributed by atoms with Crippen molar-refractivity contribution in [2.75, 3.05) is 6.61 Å². The van der Waals surface area contributed by atoms with Crippen LogP contribution in [-0.4, -0.2) is 17.7 Å². The Balaban J connectivity index is 2.92. The second-order valence-corrected chi connectivity index (χ2v) is 3.88. The Morgan fingerprint density at radius 3 is 2.65 bits per heavy atom. The highest BCUT2D eigenvalue weighted by atomic mass is 19.1. The smallest absolute Gasteiger partial charge is 0.309 e. The van der Waals surface area contributed by atoms with Crippen LogP contribution in [0.25, 0.3) is 0 Å². The molecule has 0 radical (unpaired) electrons. The standard InChI is InChI=1S/C12H14F2O3/c1-3-17-11(15)7-12(2,16)9-5-4-8(13)6-10(9)14/h4-6,16H,3,7H2,1-2H3. The molecule has 17 heavy (non-hydrogen) atoms. The van der Waals surface area contributed by atoms with E-state index in [1.807, 2.05) is 0 Å². The normalized spacial score (nSPS) is 14.2. The van der Waals surface area contributed by atoms with Crippen LogP contribution >= 0.6 is 0 Å². The highest BCUT2D eigenvalue weighted by Crippen LogP contribution is 2.27. The van der Waals surface area contributed by atoms with Crippen LogP contribution in [0.15, 0.2) is 18.2 Å². The third kappa shape index (κ3) is 3.49. The molecule has 0 amide bonds. The Morgan fingerprint density at radius 1 is 1.47 bits per heavy atom. The maximum Gasteiger partial charge on any atom is 0.309 e. The zero-order chi connectivity index (χ0) is 13.1. The SMILES string of the molecule is CCOC(=O)CC(C)(O)c1ccc(F)cc1F. The lowest BCUT2D eigenvalue weighted by Gasteiger charge is -2.23. The first-order chi connectivity index (χ1) is 7.86. The van der Waals surface area contributed by atoms with Crippen molar-refractivity contribution in [2.45, 2.75) is 25.9 Å². The van der Waals surface area contributed by atoms with E-state index in [-0.39, 0.29) is 18.6 Å². The number of rotatable bonds is 4. The van der Waals surface area contributed by atoms with Crippen LogP contribution in [0.5, 0.6) is 0 Å². The third-order valence-corrected chi connectivity index (χ3v) is 2.31. The molecule has 1 aromatic rings. The highest BCUT2D eigenvalue weighted by Gasteiger charge is 2.30. The minimum Gasteiger partial charge on any atom is -0.466 e. The number of esters is 1. The van der Waals surface area contributed by atoms with Gasteiger partial charge < -0.3 is 9.84 Å². The van der Waals surface area contributed by atoms with E-state index >= 15 is 0 Å². The lowest BCUT2D eigenvalue weighted by molar-refractivity contribution is -0.148. The van der Waals surface area contributed by atoms with Crippen LogP contribution in [0.4, 0.5) is 8.78 Å². The Hall–Kier alpha value is -1.49. The summed E-state index contributed by atoms with van der Waals surface area (Å²) in [6.07, 6.45) is -0.386. The first kappa shape index (κ1) is 13.6. The Kier molecular flexibility index (Phi) is 4.17. The van der Waals surface area contributed by atoms with Gasteiger partial charge in [0.25, 0.3) is 0 Å². The molecule has 1 N–H and O–H groups in total. The molecular formula is C12H14F2O3. The van der Waals surface area contributed by atoms with E-state index in [1.54, 1.807) is 6.92 Å². The monoisotopic (exact) mass is 244 g/mol. The Labute approximate surface area is 98.0 Å². The van der Waals surface area contributed by atoms with Crippen molar-refractivity contribution >= 4 is 5.97 Å². The van der Waals surface area contributed by atoms with Gasteiger partial charge in [0.2, 0.25) is 0 Å². The molecule has 94 valence electrons. The van der Waals surface area contributed by atoms with Gasteiger partial charge >= 0.3 is 5.97 Å². The molecule has 0 saturated heterocycles. The molecule has 1 rings (SSSR count). The zero-order valence-corrected chi connectivity index (χ0v) is 9.67. The number of hydrogen-bond donors (Lipinski definition) is 1. The lowest BCUT2D eigenvalue weighted by atomic mass is 9.92. The predicted molar refractivity (Wildman–Crippen MR) is 57.2 cm³/mol. The molecule has 3 nitrogen and oxygen atoms in total. The van der Waals surface area contributed by atoms with Gasteiger partial charge in [-0.2, -0.15) is 0 Å². The van der Waals surface area contributed by atoms with Crippen molar-refractivity contribution in [3.8, 4) is 0 Å². The Morgan fingerprint density at radius 2 is 2.12 bits per heavy atom. The largest absolute Gasteiger partial charge is 0.466 e. The Bertz CT molecular complexity index is 416. The van der Waals surface area contributed by atoms with Gasteiger partial charge in [-0.3, -0.25) is 4.79 Å². The minimum atomic E-state index is -1.72. The summed E-state index contributed by atoms with van der Waals surface area (Å²) in [5.41, 5.74) is -1.85. The quantitative estimate of drug-likeness (QED) is 0.825. The molecule has 0 bridgehead atoms. The minimum absolute atomic E-state index is 0.132. The van der Waals surface area contributed by atoms with Gasteiger partial charge in [0, 0.05) is 11.6 Å². The molecular weight excluding hydrogens is 230 g/mol. The van der Waals surface area contributed by atoms with Crippen LogP contribution in [0, 0.1) is 11.6 Å². The van der Waals surface area contributed by atoms with Gasteiger partial charge in [0.05, 0.1) is 13.0 Å². The summed E-state index contributed by atoms with van der Waals surface area (Å²) in [7, 11) is 0. The fourth-order valence-corrected chi connectivity index (χ4v) is 1.51. The van der Waals surface area contributed by atoms with Crippen molar-refractivity contribution in [1.82, 2.24) is 0 Å². The van der Waals surface area contributed by atoms with Gasteiger partial charge in [-0.15, -0.1) is 0 Å². The lowest BCUT2D eigenvalue weighted by Crippen LogP contribution is -2.27. The van der Waals surface area contributed by atoms with E-state index in [1.165, 1.54) is 6.92 Å². The van der Waals surface area contributed by atoms with Gasteiger partial charge in [-0.1, -0.05) is 6.07 Å². The topological polar surface area (TPSA) is 46.5 Å². The second-order valence-electron chi connectivity index (χ2n) is 3.88. The molecule has 0 fully saturated rings. The summed E-state index contributed by atoms with van der Waals surface area (Å²) < 4.78 is 30.8.